The van der Waals surface area contributed by atoms with Crippen molar-refractivity contribution < 1.29 is 9.59 Å². The van der Waals surface area contributed by atoms with E-state index in [1.807, 2.05) is 31.2 Å². The molecule has 0 spiro atoms. The van der Waals surface area contributed by atoms with Crippen LogP contribution in [0.5, 0.6) is 0 Å². The van der Waals surface area contributed by atoms with Gasteiger partial charge >= 0.3 is 0 Å². The summed E-state index contributed by atoms with van der Waals surface area (Å²) in [7, 11) is 0. The van der Waals surface area contributed by atoms with Crippen LogP contribution in [0.15, 0.2) is 48.7 Å². The maximum atomic E-state index is 11.8. The lowest BCUT2D eigenvalue weighted by Gasteiger charge is -1.99. The third kappa shape index (κ3) is 2.63. The number of carbonyl (C=O) groups excluding carboxylic acids is 2. The van der Waals surface area contributed by atoms with Gasteiger partial charge in [0, 0.05) is 12.3 Å². The molecule has 0 amide bonds. The van der Waals surface area contributed by atoms with Crippen molar-refractivity contribution in [2.75, 3.05) is 0 Å². The Hall–Kier alpha value is -2.42. The van der Waals surface area contributed by atoms with Gasteiger partial charge in [0.15, 0.2) is 6.29 Å². The highest BCUT2D eigenvalue weighted by Gasteiger charge is 2.04. The first kappa shape index (κ1) is 12.0. The molecule has 0 aliphatic heterocycles. The summed E-state index contributed by atoms with van der Waals surface area (Å²) in [5.74, 6) is -0.234. The molecular formula is C15H13NO2. The predicted molar refractivity (Wildman–Crippen MR) is 70.7 cm³/mol. The number of aryl methyl sites for hydroxylation is 1. The molecule has 1 aromatic carbocycles. The fourth-order valence-electron chi connectivity index (χ4n) is 1.62. The van der Waals surface area contributed by atoms with Crippen LogP contribution in [0.4, 0.5) is 0 Å². The van der Waals surface area contributed by atoms with Crippen molar-refractivity contribution in [1.29, 1.82) is 0 Å². The Bertz CT molecular complexity index is 591. The van der Waals surface area contributed by atoms with E-state index < -0.39 is 0 Å². The summed E-state index contributed by atoms with van der Waals surface area (Å²) in [5, 5.41) is 0. The number of aromatic nitrogens is 1. The number of rotatable bonds is 3. The molecule has 0 saturated carbocycles. The largest absolute Gasteiger partial charge is 0.296 e. The molecule has 90 valence electrons. The number of nitrogens with zero attached hydrogens (tertiary/aromatic N) is 1. The number of aldehydes is 1. The van der Waals surface area contributed by atoms with Crippen molar-refractivity contribution in [2.24, 2.45) is 0 Å². The molecule has 1 heterocycles. The second-order valence-electron chi connectivity index (χ2n) is 4.00. The van der Waals surface area contributed by atoms with Crippen molar-refractivity contribution in [3.05, 3.63) is 65.5 Å². The minimum atomic E-state index is -0.234. The van der Waals surface area contributed by atoms with Crippen molar-refractivity contribution >= 4 is 18.3 Å². The van der Waals surface area contributed by atoms with Gasteiger partial charge in [-0.2, -0.15) is 0 Å². The first-order valence-electron chi connectivity index (χ1n) is 5.62. The van der Waals surface area contributed by atoms with E-state index in [9.17, 15) is 9.59 Å². The monoisotopic (exact) mass is 239 g/mol. The minimum Gasteiger partial charge on any atom is -0.296 e. The summed E-state index contributed by atoms with van der Waals surface area (Å²) in [6.45, 7) is 2.01. The zero-order valence-electron chi connectivity index (χ0n) is 10.0. The van der Waals surface area contributed by atoms with Crippen LogP contribution in [-0.2, 0) is 0 Å². The Labute approximate surface area is 105 Å². The van der Waals surface area contributed by atoms with E-state index >= 15 is 0 Å². The smallest absolute Gasteiger partial charge is 0.255 e. The van der Waals surface area contributed by atoms with Gasteiger partial charge in [0.25, 0.3) is 5.91 Å². The van der Waals surface area contributed by atoms with Gasteiger partial charge in [-0.15, -0.1) is 0 Å². The second-order valence-corrected chi connectivity index (χ2v) is 4.00. The lowest BCUT2D eigenvalue weighted by atomic mass is 10.1. The molecule has 0 bridgehead atoms. The number of hydrogen-bond donors (Lipinski definition) is 0. The Balaban J connectivity index is 2.16. The van der Waals surface area contributed by atoms with E-state index in [0.29, 0.717) is 12.0 Å². The maximum Gasteiger partial charge on any atom is 0.255 e. The molecule has 0 fully saturated rings. The van der Waals surface area contributed by atoms with Crippen LogP contribution in [0.2, 0.25) is 0 Å². The Morgan fingerprint density at radius 2 is 1.89 bits per heavy atom. The zero-order valence-corrected chi connectivity index (χ0v) is 10.0. The fraction of sp³-hybridized carbons (Fsp3) is 0.0667. The van der Waals surface area contributed by atoms with Gasteiger partial charge < -0.3 is 0 Å². The van der Waals surface area contributed by atoms with Gasteiger partial charge in [-0.1, -0.05) is 29.8 Å². The molecule has 0 N–H and O–H groups in total. The predicted octanol–water partition coefficient (Wildman–Crippen LogP) is 2.96. The SMILES string of the molecule is Cc1ccc(/C=C/C(=O)n2cccc2C=O)cc1. The van der Waals surface area contributed by atoms with Crippen LogP contribution in [0.1, 0.15) is 26.4 Å². The average molecular weight is 239 g/mol. The first-order valence-corrected chi connectivity index (χ1v) is 5.62. The summed E-state index contributed by atoms with van der Waals surface area (Å²) in [4.78, 5) is 22.6. The molecule has 0 unspecified atom stereocenters. The molecule has 0 aliphatic rings. The fourth-order valence-corrected chi connectivity index (χ4v) is 1.62. The number of allylic oxidation sites excluding steroid dienone is 1. The van der Waals surface area contributed by atoms with Gasteiger partial charge in [0.05, 0.1) is 5.69 Å². The highest BCUT2D eigenvalue weighted by molar-refractivity contribution is 5.96. The quantitative estimate of drug-likeness (QED) is 0.610. The van der Waals surface area contributed by atoms with Crippen molar-refractivity contribution in [2.45, 2.75) is 6.92 Å². The molecule has 2 aromatic rings. The summed E-state index contributed by atoms with van der Waals surface area (Å²) in [6, 6.07) is 11.1. The minimum absolute atomic E-state index is 0.234. The highest BCUT2D eigenvalue weighted by atomic mass is 16.2. The van der Waals surface area contributed by atoms with Gasteiger partial charge in [0.1, 0.15) is 0 Å². The molecule has 3 heteroatoms. The number of hydrogen-bond acceptors (Lipinski definition) is 2. The molecule has 0 atom stereocenters. The summed E-state index contributed by atoms with van der Waals surface area (Å²) >= 11 is 0. The molecule has 1 aromatic heterocycles. The molecular weight excluding hydrogens is 226 g/mol. The number of benzene rings is 1. The Morgan fingerprint density at radius 3 is 2.56 bits per heavy atom. The van der Waals surface area contributed by atoms with E-state index in [1.54, 1.807) is 24.4 Å². The van der Waals surface area contributed by atoms with E-state index in [-0.39, 0.29) is 5.91 Å². The van der Waals surface area contributed by atoms with E-state index in [2.05, 4.69) is 0 Å². The van der Waals surface area contributed by atoms with Gasteiger partial charge in [-0.25, -0.2) is 0 Å². The summed E-state index contributed by atoms with van der Waals surface area (Å²) in [5.41, 5.74) is 2.48. The first-order chi connectivity index (χ1) is 8.70. The normalized spacial score (nSPS) is 10.7. The van der Waals surface area contributed by atoms with E-state index in [0.717, 1.165) is 5.56 Å². The van der Waals surface area contributed by atoms with Crippen molar-refractivity contribution in [3.63, 3.8) is 0 Å². The van der Waals surface area contributed by atoms with Crippen LogP contribution in [0.3, 0.4) is 0 Å². The van der Waals surface area contributed by atoms with Crippen molar-refractivity contribution in [1.82, 2.24) is 4.57 Å². The van der Waals surface area contributed by atoms with Crippen LogP contribution >= 0.6 is 0 Å². The van der Waals surface area contributed by atoms with Crippen LogP contribution < -0.4 is 0 Å². The molecule has 0 radical (unpaired) electrons. The van der Waals surface area contributed by atoms with E-state index in [4.69, 9.17) is 0 Å². The third-order valence-corrected chi connectivity index (χ3v) is 2.63. The summed E-state index contributed by atoms with van der Waals surface area (Å²) in [6.07, 6.45) is 5.43. The Kier molecular flexibility index (Phi) is 3.53. The maximum absolute atomic E-state index is 11.8. The lowest BCUT2D eigenvalue weighted by Crippen LogP contribution is -2.08. The zero-order chi connectivity index (χ0) is 13.0. The van der Waals surface area contributed by atoms with Gasteiger partial charge in [0.2, 0.25) is 0 Å². The number of carbonyl (C=O) groups is 2. The summed E-state index contributed by atoms with van der Waals surface area (Å²) < 4.78 is 1.32. The third-order valence-electron chi connectivity index (χ3n) is 2.63. The molecule has 0 aliphatic carbocycles. The standard InChI is InChI=1S/C15H13NO2/c1-12-4-6-13(7-5-12)8-9-15(18)16-10-2-3-14(16)11-17/h2-11H,1H3/b9-8+. The van der Waals surface area contributed by atoms with Crippen LogP contribution in [0.25, 0.3) is 6.08 Å². The molecule has 0 saturated heterocycles. The van der Waals surface area contributed by atoms with Crippen LogP contribution in [-0.4, -0.2) is 16.8 Å². The molecule has 18 heavy (non-hydrogen) atoms. The van der Waals surface area contributed by atoms with E-state index in [1.165, 1.54) is 16.2 Å². The molecule has 2 rings (SSSR count). The second kappa shape index (κ2) is 5.27. The lowest BCUT2D eigenvalue weighted by molar-refractivity contribution is 0.0956. The van der Waals surface area contributed by atoms with Gasteiger partial charge in [-0.3, -0.25) is 14.2 Å². The van der Waals surface area contributed by atoms with Crippen LogP contribution in [0, 0.1) is 6.92 Å². The topological polar surface area (TPSA) is 39.1 Å². The highest BCUT2D eigenvalue weighted by Crippen LogP contribution is 2.06. The van der Waals surface area contributed by atoms with Crippen molar-refractivity contribution in [3.8, 4) is 0 Å². The average Bonchev–Trinajstić information content (AvgIpc) is 2.86. The van der Waals surface area contributed by atoms with Gasteiger partial charge in [-0.05, 0) is 30.7 Å². The Morgan fingerprint density at radius 1 is 1.17 bits per heavy atom. The molecule has 3 nitrogen and oxygen atoms in total.